The molecule has 2 aromatic carbocycles. The van der Waals surface area contributed by atoms with Crippen molar-refractivity contribution in [1.29, 1.82) is 0 Å². The number of benzene rings is 2. The van der Waals surface area contributed by atoms with E-state index >= 15 is 0 Å². The lowest BCUT2D eigenvalue weighted by molar-refractivity contribution is -0.885. The monoisotopic (exact) mass is 416 g/mol. The molecule has 0 bridgehead atoms. The number of fused-ring (bicyclic) bond motifs is 1. The van der Waals surface area contributed by atoms with E-state index in [4.69, 9.17) is 9.47 Å². The summed E-state index contributed by atoms with van der Waals surface area (Å²) in [6, 6.07) is 12.5. The van der Waals surface area contributed by atoms with Gasteiger partial charge in [-0.1, -0.05) is 12.1 Å². The van der Waals surface area contributed by atoms with E-state index in [1.807, 2.05) is 37.6 Å². The van der Waals surface area contributed by atoms with Gasteiger partial charge in [0.2, 0.25) is 0 Å². The van der Waals surface area contributed by atoms with Crippen molar-refractivity contribution in [2.24, 2.45) is 0 Å². The van der Waals surface area contributed by atoms with Crippen LogP contribution >= 0.6 is 11.8 Å². The zero-order valence-electron chi connectivity index (χ0n) is 16.8. The maximum Gasteiger partial charge on any atom is 0.282 e. The van der Waals surface area contributed by atoms with Crippen molar-refractivity contribution < 1.29 is 24.0 Å². The number of para-hydroxylation sites is 1. The van der Waals surface area contributed by atoms with Crippen molar-refractivity contribution in [1.82, 2.24) is 0 Å². The fraction of sp³-hybridized carbons (Fsp3) is 0.333. The first-order valence-electron chi connectivity index (χ1n) is 9.43. The highest BCUT2D eigenvalue weighted by Gasteiger charge is 2.25. The molecule has 7 nitrogen and oxygen atoms in total. The van der Waals surface area contributed by atoms with Crippen LogP contribution in [0.3, 0.4) is 0 Å². The number of likely N-dealkylation sites (N-methyl/N-ethyl adjacent to an activating group) is 1. The van der Waals surface area contributed by atoms with E-state index in [1.54, 1.807) is 36.9 Å². The number of hydrogen-bond donors (Lipinski definition) is 3. The molecule has 154 valence electrons. The molecular weight excluding hydrogens is 390 g/mol. The quantitative estimate of drug-likeness (QED) is 0.598. The molecule has 1 unspecified atom stereocenters. The van der Waals surface area contributed by atoms with Gasteiger partial charge >= 0.3 is 0 Å². The van der Waals surface area contributed by atoms with E-state index in [0.717, 1.165) is 15.5 Å². The van der Waals surface area contributed by atoms with Gasteiger partial charge < -0.3 is 25.0 Å². The molecule has 0 fully saturated rings. The van der Waals surface area contributed by atoms with Crippen molar-refractivity contribution in [3.05, 3.63) is 42.5 Å². The molecule has 29 heavy (non-hydrogen) atoms. The first-order chi connectivity index (χ1) is 14.0. The number of anilines is 2. The summed E-state index contributed by atoms with van der Waals surface area (Å²) in [5.41, 5.74) is 1.42. The van der Waals surface area contributed by atoms with Gasteiger partial charge in [0.1, 0.15) is 13.2 Å². The van der Waals surface area contributed by atoms with Crippen LogP contribution in [0.15, 0.2) is 47.4 Å². The second-order valence-corrected chi connectivity index (χ2v) is 7.69. The number of carbonyl (C=O) groups excluding carboxylic acids is 2. The largest absolute Gasteiger partial charge is 0.486 e. The second kappa shape index (κ2) is 9.67. The van der Waals surface area contributed by atoms with Gasteiger partial charge in [0, 0.05) is 16.6 Å². The third-order valence-electron chi connectivity index (χ3n) is 4.76. The first kappa shape index (κ1) is 21.0. The standard InChI is InChI=1S/C21H25N3O4S/c1-14(21(26)22-15-8-9-17-18(12-15)28-11-10-27-17)24(2)13-20(25)23-16-6-4-5-7-19(16)29-3/h4-9,12,14H,10-11,13H2,1-3H3,(H,22,26)(H,23,25)/p+1/t14-/m0/s1. The fourth-order valence-electron chi connectivity index (χ4n) is 2.94. The van der Waals surface area contributed by atoms with Gasteiger partial charge in [-0.15, -0.1) is 11.8 Å². The molecule has 0 radical (unpaired) electrons. The van der Waals surface area contributed by atoms with Crippen molar-refractivity contribution in [2.75, 3.05) is 43.7 Å². The van der Waals surface area contributed by atoms with E-state index in [0.29, 0.717) is 30.4 Å². The van der Waals surface area contributed by atoms with Crippen LogP contribution in [0.2, 0.25) is 0 Å². The maximum absolute atomic E-state index is 12.6. The number of ether oxygens (including phenoxy) is 2. The van der Waals surface area contributed by atoms with Crippen LogP contribution in [0.25, 0.3) is 0 Å². The molecule has 8 heteroatoms. The van der Waals surface area contributed by atoms with E-state index in [9.17, 15) is 9.59 Å². The summed E-state index contributed by atoms with van der Waals surface area (Å²) in [6.45, 7) is 2.99. The van der Waals surface area contributed by atoms with Gasteiger partial charge in [0.05, 0.1) is 12.7 Å². The Bertz CT molecular complexity index is 890. The lowest BCUT2D eigenvalue weighted by atomic mass is 10.2. The predicted octanol–water partition coefficient (Wildman–Crippen LogP) is 1.66. The van der Waals surface area contributed by atoms with Crippen molar-refractivity contribution >= 4 is 35.0 Å². The third-order valence-corrected chi connectivity index (χ3v) is 5.56. The van der Waals surface area contributed by atoms with E-state index in [2.05, 4.69) is 10.6 Å². The summed E-state index contributed by atoms with van der Waals surface area (Å²) < 4.78 is 11.0. The summed E-state index contributed by atoms with van der Waals surface area (Å²) in [5.74, 6) is 0.987. The summed E-state index contributed by atoms with van der Waals surface area (Å²) in [7, 11) is 1.83. The number of hydrogen-bond acceptors (Lipinski definition) is 5. The van der Waals surface area contributed by atoms with Crippen LogP contribution in [-0.2, 0) is 9.59 Å². The van der Waals surface area contributed by atoms with Gasteiger partial charge in [-0.2, -0.15) is 0 Å². The van der Waals surface area contributed by atoms with Crippen LogP contribution in [0.1, 0.15) is 6.92 Å². The summed E-state index contributed by atoms with van der Waals surface area (Å²) in [6.07, 6.45) is 1.96. The van der Waals surface area contributed by atoms with Gasteiger partial charge in [-0.05, 0) is 37.4 Å². The summed E-state index contributed by atoms with van der Waals surface area (Å²) >= 11 is 1.57. The molecule has 0 spiro atoms. The minimum Gasteiger partial charge on any atom is -0.486 e. The minimum atomic E-state index is -0.412. The zero-order chi connectivity index (χ0) is 20.8. The van der Waals surface area contributed by atoms with Crippen LogP contribution < -0.4 is 25.0 Å². The van der Waals surface area contributed by atoms with E-state index in [-0.39, 0.29) is 18.4 Å². The van der Waals surface area contributed by atoms with Gasteiger partial charge in [-0.3, -0.25) is 9.59 Å². The number of amides is 2. The molecule has 1 aliphatic rings. The molecule has 2 atom stereocenters. The Balaban J connectivity index is 1.55. The second-order valence-electron chi connectivity index (χ2n) is 6.84. The van der Waals surface area contributed by atoms with Crippen molar-refractivity contribution in [3.63, 3.8) is 0 Å². The Kier molecular flexibility index (Phi) is 7.00. The Morgan fingerprint density at radius 1 is 1.10 bits per heavy atom. The van der Waals surface area contributed by atoms with Crippen molar-refractivity contribution in [2.45, 2.75) is 17.9 Å². The molecule has 0 aromatic heterocycles. The molecule has 0 aliphatic carbocycles. The van der Waals surface area contributed by atoms with Gasteiger partial charge in [0.25, 0.3) is 11.8 Å². The molecule has 1 aliphatic heterocycles. The van der Waals surface area contributed by atoms with Crippen LogP contribution in [0.4, 0.5) is 11.4 Å². The molecule has 0 saturated heterocycles. The Labute approximate surface area is 174 Å². The van der Waals surface area contributed by atoms with Crippen LogP contribution in [-0.4, -0.2) is 50.9 Å². The summed E-state index contributed by atoms with van der Waals surface area (Å²) in [5, 5.41) is 5.81. The fourth-order valence-corrected chi connectivity index (χ4v) is 3.50. The Morgan fingerprint density at radius 3 is 2.59 bits per heavy atom. The van der Waals surface area contributed by atoms with Crippen LogP contribution in [0.5, 0.6) is 11.5 Å². The molecule has 2 aromatic rings. The highest BCUT2D eigenvalue weighted by molar-refractivity contribution is 7.98. The van der Waals surface area contributed by atoms with Gasteiger partial charge in [-0.25, -0.2) is 0 Å². The average Bonchev–Trinajstić information content (AvgIpc) is 2.73. The number of carbonyl (C=O) groups is 2. The van der Waals surface area contributed by atoms with E-state index in [1.165, 1.54) is 0 Å². The highest BCUT2D eigenvalue weighted by atomic mass is 32.2. The maximum atomic E-state index is 12.6. The molecule has 3 rings (SSSR count). The highest BCUT2D eigenvalue weighted by Crippen LogP contribution is 2.32. The molecule has 3 N–H and O–H groups in total. The molecular formula is C21H26N3O4S+. The average molecular weight is 417 g/mol. The van der Waals surface area contributed by atoms with E-state index < -0.39 is 6.04 Å². The summed E-state index contributed by atoms with van der Waals surface area (Å²) in [4.78, 5) is 26.9. The smallest absolute Gasteiger partial charge is 0.282 e. The zero-order valence-corrected chi connectivity index (χ0v) is 17.6. The lowest BCUT2D eigenvalue weighted by Gasteiger charge is -2.22. The number of thioether (sulfide) groups is 1. The molecule has 1 heterocycles. The number of rotatable bonds is 7. The normalized spacial score (nSPS) is 14.6. The van der Waals surface area contributed by atoms with Crippen molar-refractivity contribution in [3.8, 4) is 11.5 Å². The first-order valence-corrected chi connectivity index (χ1v) is 10.7. The molecule has 0 saturated carbocycles. The van der Waals surface area contributed by atoms with Gasteiger partial charge in [0.15, 0.2) is 24.1 Å². The Hall–Kier alpha value is -2.71. The SMILES string of the molecule is CSc1ccccc1NC(=O)C[NH+](C)[C@@H](C)C(=O)Nc1ccc2c(c1)OCCO2. The third kappa shape index (κ3) is 5.42. The number of nitrogens with one attached hydrogen (secondary N) is 3. The molecule has 2 amide bonds. The topological polar surface area (TPSA) is 81.1 Å². The Morgan fingerprint density at radius 2 is 1.83 bits per heavy atom. The predicted molar refractivity (Wildman–Crippen MR) is 114 cm³/mol. The lowest BCUT2D eigenvalue weighted by Crippen LogP contribution is -3.14. The minimum absolute atomic E-state index is 0.136. The number of quaternary nitrogens is 1. The van der Waals surface area contributed by atoms with Crippen LogP contribution in [0, 0.1) is 0 Å².